The van der Waals surface area contributed by atoms with Crippen molar-refractivity contribution < 1.29 is 14.6 Å². The number of ether oxygens (including phenoxy) is 1. The van der Waals surface area contributed by atoms with Gasteiger partial charge >= 0.3 is 0 Å². The fraction of sp³-hybridized carbons (Fsp3) is 0.650. The van der Waals surface area contributed by atoms with Crippen LogP contribution in [0.25, 0.3) is 0 Å². The SMILES string of the molecule is CCOCC1CC2C(CCC3c4ccc(O)cc4CCC32)C1=O. The molecule has 0 aliphatic heterocycles. The Kier molecular flexibility index (Phi) is 3.92. The summed E-state index contributed by atoms with van der Waals surface area (Å²) in [6.45, 7) is 3.31. The van der Waals surface area contributed by atoms with E-state index < -0.39 is 0 Å². The Labute approximate surface area is 138 Å². The standard InChI is InChI=1S/C20H26O3/c1-2-23-11-13-10-19-17-5-3-12-9-14(21)4-6-15(12)16(17)7-8-18(19)20(13)22/h4,6,9,13,16-19,21H,2-3,5,7-8,10-11H2,1H3. The zero-order chi connectivity index (χ0) is 16.0. The average Bonchev–Trinajstić information content (AvgIpc) is 2.88. The number of aromatic hydroxyl groups is 1. The smallest absolute Gasteiger partial charge is 0.141 e. The van der Waals surface area contributed by atoms with Crippen LogP contribution in [0.2, 0.25) is 0 Å². The monoisotopic (exact) mass is 314 g/mol. The van der Waals surface area contributed by atoms with Crippen molar-refractivity contribution in [2.24, 2.45) is 23.7 Å². The molecule has 23 heavy (non-hydrogen) atoms. The zero-order valence-corrected chi connectivity index (χ0v) is 13.8. The molecule has 3 nitrogen and oxygen atoms in total. The van der Waals surface area contributed by atoms with E-state index in [9.17, 15) is 9.90 Å². The quantitative estimate of drug-likeness (QED) is 0.925. The lowest BCUT2D eigenvalue weighted by molar-refractivity contribution is -0.126. The van der Waals surface area contributed by atoms with Gasteiger partial charge in [-0.05, 0) is 80.0 Å². The van der Waals surface area contributed by atoms with Gasteiger partial charge < -0.3 is 9.84 Å². The number of hydrogen-bond donors (Lipinski definition) is 1. The minimum absolute atomic E-state index is 0.130. The number of carbonyl (C=O) groups is 1. The van der Waals surface area contributed by atoms with E-state index in [1.165, 1.54) is 11.1 Å². The Morgan fingerprint density at radius 3 is 2.83 bits per heavy atom. The number of carbonyl (C=O) groups excluding carboxylic acids is 1. The van der Waals surface area contributed by atoms with Crippen molar-refractivity contribution in [1.29, 1.82) is 0 Å². The summed E-state index contributed by atoms with van der Waals surface area (Å²) >= 11 is 0. The van der Waals surface area contributed by atoms with E-state index in [1.807, 2.05) is 19.1 Å². The van der Waals surface area contributed by atoms with Gasteiger partial charge in [0.2, 0.25) is 0 Å². The van der Waals surface area contributed by atoms with Gasteiger partial charge in [-0.3, -0.25) is 4.79 Å². The molecule has 0 amide bonds. The summed E-state index contributed by atoms with van der Waals surface area (Å²) in [5.41, 5.74) is 2.75. The highest BCUT2D eigenvalue weighted by atomic mass is 16.5. The van der Waals surface area contributed by atoms with E-state index >= 15 is 0 Å². The molecule has 2 fully saturated rings. The maximum Gasteiger partial charge on any atom is 0.141 e. The number of phenols is 1. The second-order valence-corrected chi connectivity index (χ2v) is 7.53. The van der Waals surface area contributed by atoms with E-state index in [0.29, 0.717) is 42.5 Å². The average molecular weight is 314 g/mol. The predicted octanol–water partition coefficient (Wildman–Crippen LogP) is 3.69. The molecule has 1 N–H and O–H groups in total. The van der Waals surface area contributed by atoms with E-state index in [-0.39, 0.29) is 11.8 Å². The number of Topliss-reactive ketones (excluding diaryl/α,β-unsaturated/α-hetero) is 1. The minimum Gasteiger partial charge on any atom is -0.508 e. The molecular weight excluding hydrogens is 288 g/mol. The third kappa shape index (κ3) is 2.50. The maximum absolute atomic E-state index is 12.7. The summed E-state index contributed by atoms with van der Waals surface area (Å²) in [7, 11) is 0. The van der Waals surface area contributed by atoms with Crippen LogP contribution in [0.15, 0.2) is 18.2 Å². The fourth-order valence-corrected chi connectivity index (χ4v) is 5.53. The summed E-state index contributed by atoms with van der Waals surface area (Å²) in [6.07, 6.45) is 5.39. The van der Waals surface area contributed by atoms with E-state index in [1.54, 1.807) is 0 Å². The highest BCUT2D eigenvalue weighted by Crippen LogP contribution is 2.55. The summed E-state index contributed by atoms with van der Waals surface area (Å²) in [6, 6.07) is 5.89. The fourth-order valence-electron chi connectivity index (χ4n) is 5.53. The molecule has 2 saturated carbocycles. The molecule has 4 rings (SSSR count). The largest absolute Gasteiger partial charge is 0.508 e. The highest BCUT2D eigenvalue weighted by molar-refractivity contribution is 5.86. The molecule has 0 spiro atoms. The van der Waals surface area contributed by atoms with Crippen LogP contribution in [0.3, 0.4) is 0 Å². The Balaban J connectivity index is 1.57. The Morgan fingerprint density at radius 1 is 1.17 bits per heavy atom. The lowest BCUT2D eigenvalue weighted by atomic mass is 9.61. The summed E-state index contributed by atoms with van der Waals surface area (Å²) in [5.74, 6) is 3.03. The van der Waals surface area contributed by atoms with Crippen LogP contribution in [0, 0.1) is 23.7 Å². The second kappa shape index (κ2) is 5.94. The third-order valence-electron chi connectivity index (χ3n) is 6.49. The van der Waals surface area contributed by atoms with Crippen LogP contribution in [0.1, 0.15) is 49.7 Å². The van der Waals surface area contributed by atoms with Crippen molar-refractivity contribution >= 4 is 5.78 Å². The van der Waals surface area contributed by atoms with Gasteiger partial charge in [-0.15, -0.1) is 0 Å². The molecule has 1 aromatic rings. The van der Waals surface area contributed by atoms with E-state index in [2.05, 4.69) is 6.07 Å². The normalized spacial score (nSPS) is 35.5. The molecule has 5 unspecified atom stereocenters. The van der Waals surface area contributed by atoms with Gasteiger partial charge in [-0.1, -0.05) is 6.07 Å². The Bertz CT molecular complexity index is 609. The predicted molar refractivity (Wildman–Crippen MR) is 88.5 cm³/mol. The maximum atomic E-state index is 12.7. The van der Waals surface area contributed by atoms with E-state index in [0.717, 1.165) is 32.1 Å². The van der Waals surface area contributed by atoms with Crippen molar-refractivity contribution in [3.05, 3.63) is 29.3 Å². The number of benzene rings is 1. The summed E-state index contributed by atoms with van der Waals surface area (Å²) < 4.78 is 5.55. The molecule has 3 heteroatoms. The van der Waals surface area contributed by atoms with Gasteiger partial charge in [0.1, 0.15) is 11.5 Å². The summed E-state index contributed by atoms with van der Waals surface area (Å²) in [4.78, 5) is 12.7. The topological polar surface area (TPSA) is 46.5 Å². The van der Waals surface area contributed by atoms with Crippen molar-refractivity contribution in [2.75, 3.05) is 13.2 Å². The molecule has 0 aromatic heterocycles. The van der Waals surface area contributed by atoms with Crippen molar-refractivity contribution in [3.63, 3.8) is 0 Å². The van der Waals surface area contributed by atoms with Gasteiger partial charge in [0.05, 0.1) is 6.61 Å². The molecular formula is C20H26O3. The lowest BCUT2D eigenvalue weighted by Crippen LogP contribution is -2.35. The van der Waals surface area contributed by atoms with Gasteiger partial charge in [0, 0.05) is 18.4 Å². The number of rotatable bonds is 3. The second-order valence-electron chi connectivity index (χ2n) is 7.53. The summed E-state index contributed by atoms with van der Waals surface area (Å²) in [5, 5.41) is 9.73. The van der Waals surface area contributed by atoms with Gasteiger partial charge in [0.15, 0.2) is 0 Å². The minimum atomic E-state index is 0.130. The van der Waals surface area contributed by atoms with Crippen LogP contribution < -0.4 is 0 Å². The molecule has 124 valence electrons. The van der Waals surface area contributed by atoms with E-state index in [4.69, 9.17) is 4.74 Å². The van der Waals surface area contributed by atoms with Crippen molar-refractivity contribution in [2.45, 2.75) is 44.9 Å². The Hall–Kier alpha value is -1.35. The number of hydrogen-bond acceptors (Lipinski definition) is 3. The number of ketones is 1. The lowest BCUT2D eigenvalue weighted by Gasteiger charge is -2.43. The first-order valence-corrected chi connectivity index (χ1v) is 9.12. The molecule has 0 bridgehead atoms. The molecule has 5 atom stereocenters. The number of aryl methyl sites for hydroxylation is 1. The first kappa shape index (κ1) is 15.2. The zero-order valence-electron chi connectivity index (χ0n) is 13.8. The van der Waals surface area contributed by atoms with Crippen LogP contribution in [0.5, 0.6) is 5.75 Å². The molecule has 0 saturated heterocycles. The van der Waals surface area contributed by atoms with Crippen LogP contribution in [0.4, 0.5) is 0 Å². The van der Waals surface area contributed by atoms with Crippen molar-refractivity contribution in [3.8, 4) is 5.75 Å². The molecule has 1 aromatic carbocycles. The molecule has 3 aliphatic carbocycles. The molecule has 0 heterocycles. The van der Waals surface area contributed by atoms with Crippen molar-refractivity contribution in [1.82, 2.24) is 0 Å². The third-order valence-corrected chi connectivity index (χ3v) is 6.49. The van der Waals surface area contributed by atoms with Crippen LogP contribution in [-0.4, -0.2) is 24.1 Å². The first-order valence-electron chi connectivity index (χ1n) is 9.12. The van der Waals surface area contributed by atoms with Gasteiger partial charge in [0.25, 0.3) is 0 Å². The molecule has 0 radical (unpaired) electrons. The van der Waals surface area contributed by atoms with Gasteiger partial charge in [-0.2, -0.15) is 0 Å². The van der Waals surface area contributed by atoms with Crippen LogP contribution >= 0.6 is 0 Å². The number of phenolic OH excluding ortho intramolecular Hbond substituents is 1. The molecule has 3 aliphatic rings. The first-order chi connectivity index (χ1) is 11.2. The highest BCUT2D eigenvalue weighted by Gasteiger charge is 2.50. The van der Waals surface area contributed by atoms with Crippen LogP contribution in [-0.2, 0) is 16.0 Å². The Morgan fingerprint density at radius 2 is 2.00 bits per heavy atom. The van der Waals surface area contributed by atoms with Gasteiger partial charge in [-0.25, -0.2) is 0 Å². The number of fused-ring (bicyclic) bond motifs is 5.